The molecule has 1 aliphatic rings. The van der Waals surface area contributed by atoms with E-state index in [-0.39, 0.29) is 30.7 Å². The number of carbonyl (C=O) groups is 1. The number of allylic oxidation sites excluding steroid dienone is 2. The summed E-state index contributed by atoms with van der Waals surface area (Å²) in [5.41, 5.74) is 2.36. The van der Waals surface area contributed by atoms with Gasteiger partial charge in [0.05, 0.1) is 12.7 Å². The Hall–Kier alpha value is -1.36. The Morgan fingerprint density at radius 2 is 1.91 bits per heavy atom. The molecule has 0 heterocycles. The third-order valence-electron chi connectivity index (χ3n) is 6.50. The average molecular weight is 465 g/mol. The summed E-state index contributed by atoms with van der Waals surface area (Å²) >= 11 is 6.68. The number of halogens is 1. The Morgan fingerprint density at radius 1 is 1.16 bits per heavy atom. The number of unbranched alkanes of at least 4 members (excludes halogenated alkanes) is 3. The van der Waals surface area contributed by atoms with Crippen molar-refractivity contribution in [1.82, 2.24) is 0 Å². The quantitative estimate of drug-likeness (QED) is 0.135. The van der Waals surface area contributed by atoms with Gasteiger partial charge in [-0.1, -0.05) is 62.6 Å². The predicted molar refractivity (Wildman–Crippen MR) is 131 cm³/mol. The number of hydrogen-bond acceptors (Lipinski definition) is 4. The third-order valence-corrected chi connectivity index (χ3v) is 7.05. The van der Waals surface area contributed by atoms with Gasteiger partial charge in [0.2, 0.25) is 0 Å². The third kappa shape index (κ3) is 9.25. The van der Waals surface area contributed by atoms with Gasteiger partial charge >= 0.3 is 5.97 Å². The largest absolute Gasteiger partial charge is 0.463 e. The minimum absolute atomic E-state index is 0.0824. The lowest BCUT2D eigenvalue weighted by molar-refractivity contribution is -0.144. The predicted octanol–water partition coefficient (Wildman–Crippen LogP) is 6.44. The zero-order valence-corrected chi connectivity index (χ0v) is 20.3. The monoisotopic (exact) mass is 464 g/mol. The van der Waals surface area contributed by atoms with Crippen LogP contribution in [0.4, 0.5) is 0 Å². The Bertz CT molecular complexity index is 673. The molecule has 2 rings (SSSR count). The summed E-state index contributed by atoms with van der Waals surface area (Å²) in [6.45, 7) is 2.14. The Kier molecular flexibility index (Phi) is 13.0. The van der Waals surface area contributed by atoms with E-state index in [1.807, 2.05) is 0 Å². The molecular weight excluding hydrogens is 424 g/mol. The molecule has 0 aliphatic heterocycles. The van der Waals surface area contributed by atoms with Crippen molar-refractivity contribution >= 4 is 17.6 Å². The molecule has 1 fully saturated rings. The van der Waals surface area contributed by atoms with Gasteiger partial charge in [0, 0.05) is 11.8 Å². The van der Waals surface area contributed by atoms with Crippen LogP contribution in [0.1, 0.15) is 101 Å². The normalized spacial score (nSPS) is 21.8. The molecule has 2 N–H and O–H groups in total. The maximum atomic E-state index is 11.4. The molecule has 180 valence electrons. The van der Waals surface area contributed by atoms with Crippen LogP contribution in [0.25, 0.3) is 0 Å². The van der Waals surface area contributed by atoms with Crippen molar-refractivity contribution in [2.75, 3.05) is 13.2 Å². The number of hydrogen-bond donors (Lipinski definition) is 2. The van der Waals surface area contributed by atoms with E-state index < -0.39 is 0 Å². The average Bonchev–Trinajstić information content (AvgIpc) is 3.17. The minimum atomic E-state index is -0.363. The van der Waals surface area contributed by atoms with Crippen molar-refractivity contribution in [2.24, 2.45) is 5.92 Å². The summed E-state index contributed by atoms with van der Waals surface area (Å²) in [6, 6.07) is 8.57. The summed E-state index contributed by atoms with van der Waals surface area (Å²) in [5.74, 6) is 0.708. The molecule has 1 saturated carbocycles. The van der Waals surface area contributed by atoms with E-state index in [0.717, 1.165) is 56.9 Å². The molecular formula is C27H41ClO4. The molecule has 0 saturated heterocycles. The molecule has 32 heavy (non-hydrogen) atoms. The van der Waals surface area contributed by atoms with Crippen molar-refractivity contribution in [3.8, 4) is 0 Å². The second-order valence-corrected chi connectivity index (χ2v) is 9.49. The van der Waals surface area contributed by atoms with Crippen LogP contribution in [0, 0.1) is 5.92 Å². The SMILES string of the molecule is CCCCCC(O)c1ccc([C@H]2CC[C@@H](Cl)C2CC/C=C\CCCC(=O)OCCO)cc1. The van der Waals surface area contributed by atoms with E-state index in [4.69, 9.17) is 21.4 Å². The maximum absolute atomic E-state index is 11.4. The van der Waals surface area contributed by atoms with E-state index in [0.29, 0.717) is 18.3 Å². The Morgan fingerprint density at radius 3 is 2.62 bits per heavy atom. The second kappa shape index (κ2) is 15.5. The van der Waals surface area contributed by atoms with Crippen molar-refractivity contribution in [3.63, 3.8) is 0 Å². The minimum Gasteiger partial charge on any atom is -0.463 e. The Balaban J connectivity index is 1.77. The second-order valence-electron chi connectivity index (χ2n) is 8.93. The zero-order valence-electron chi connectivity index (χ0n) is 19.6. The fraction of sp³-hybridized carbons (Fsp3) is 0.667. The van der Waals surface area contributed by atoms with Crippen molar-refractivity contribution in [1.29, 1.82) is 0 Å². The van der Waals surface area contributed by atoms with E-state index in [1.54, 1.807) is 0 Å². The van der Waals surface area contributed by atoms with Crippen LogP contribution in [0.3, 0.4) is 0 Å². The summed E-state index contributed by atoms with van der Waals surface area (Å²) < 4.78 is 4.85. The van der Waals surface area contributed by atoms with Crippen LogP contribution < -0.4 is 0 Å². The molecule has 2 unspecified atom stereocenters. The van der Waals surface area contributed by atoms with Crippen LogP contribution >= 0.6 is 11.6 Å². The lowest BCUT2D eigenvalue weighted by Gasteiger charge is -2.22. The van der Waals surface area contributed by atoms with Gasteiger partial charge in [0.1, 0.15) is 6.61 Å². The number of ether oxygens (including phenoxy) is 1. The topological polar surface area (TPSA) is 66.8 Å². The van der Waals surface area contributed by atoms with E-state index >= 15 is 0 Å². The Labute approximate surface area is 199 Å². The summed E-state index contributed by atoms with van der Waals surface area (Å²) in [4.78, 5) is 11.4. The molecule has 4 nitrogen and oxygen atoms in total. The van der Waals surface area contributed by atoms with Gasteiger partial charge in [-0.05, 0) is 67.9 Å². The highest BCUT2D eigenvalue weighted by Crippen LogP contribution is 2.45. The highest BCUT2D eigenvalue weighted by atomic mass is 35.5. The smallest absolute Gasteiger partial charge is 0.305 e. The highest BCUT2D eigenvalue weighted by Gasteiger charge is 2.35. The first-order valence-corrected chi connectivity index (χ1v) is 12.8. The van der Waals surface area contributed by atoms with Gasteiger partial charge in [-0.2, -0.15) is 0 Å². The van der Waals surface area contributed by atoms with Gasteiger partial charge in [-0.3, -0.25) is 4.79 Å². The standard InChI is InChI=1S/C27H41ClO4/c1-2-3-7-11-26(30)22-15-13-21(14-16-22)23-17-18-25(28)24(23)10-8-5-4-6-9-12-27(31)32-20-19-29/h4-5,13-16,23-26,29-30H,2-3,6-12,17-20H2,1H3/b5-4-/t23-,24?,25-,26?/m1/s1. The molecule has 0 radical (unpaired) electrons. The number of rotatable bonds is 15. The first-order chi connectivity index (χ1) is 15.6. The van der Waals surface area contributed by atoms with Gasteiger partial charge in [-0.25, -0.2) is 0 Å². The molecule has 0 bridgehead atoms. The van der Waals surface area contributed by atoms with Crippen molar-refractivity contribution < 1.29 is 19.7 Å². The molecule has 0 amide bonds. The first kappa shape index (κ1) is 26.9. The van der Waals surface area contributed by atoms with Gasteiger partial charge < -0.3 is 14.9 Å². The molecule has 0 spiro atoms. The van der Waals surface area contributed by atoms with E-state index in [9.17, 15) is 9.90 Å². The van der Waals surface area contributed by atoms with Crippen LogP contribution in [0.5, 0.6) is 0 Å². The summed E-state index contributed by atoms with van der Waals surface area (Å²) in [7, 11) is 0. The van der Waals surface area contributed by atoms with Crippen LogP contribution in [-0.2, 0) is 9.53 Å². The number of alkyl halides is 1. The first-order valence-electron chi connectivity index (χ1n) is 12.4. The lowest BCUT2D eigenvalue weighted by Crippen LogP contribution is -2.14. The number of esters is 1. The van der Waals surface area contributed by atoms with Crippen LogP contribution in [0.2, 0.25) is 0 Å². The number of aliphatic hydroxyl groups is 2. The lowest BCUT2D eigenvalue weighted by atomic mass is 9.85. The molecule has 0 aromatic heterocycles. The van der Waals surface area contributed by atoms with Crippen LogP contribution in [-0.4, -0.2) is 34.8 Å². The molecule has 5 heteroatoms. The molecule has 1 aliphatic carbocycles. The molecule has 4 atom stereocenters. The fourth-order valence-corrected chi connectivity index (χ4v) is 5.08. The van der Waals surface area contributed by atoms with Crippen LogP contribution in [0.15, 0.2) is 36.4 Å². The molecule has 1 aromatic rings. The number of carbonyl (C=O) groups excluding carboxylic acids is 1. The van der Waals surface area contributed by atoms with Crippen molar-refractivity contribution in [3.05, 3.63) is 47.5 Å². The van der Waals surface area contributed by atoms with Gasteiger partial charge in [0.25, 0.3) is 0 Å². The van der Waals surface area contributed by atoms with E-state index in [1.165, 1.54) is 18.4 Å². The van der Waals surface area contributed by atoms with E-state index in [2.05, 4.69) is 43.3 Å². The van der Waals surface area contributed by atoms with Gasteiger partial charge in [-0.15, -0.1) is 11.6 Å². The summed E-state index contributed by atoms with van der Waals surface area (Å²) in [6.07, 6.45) is 14.5. The van der Waals surface area contributed by atoms with Crippen molar-refractivity contribution in [2.45, 2.75) is 95.0 Å². The summed E-state index contributed by atoms with van der Waals surface area (Å²) in [5, 5.41) is 19.3. The van der Waals surface area contributed by atoms with Gasteiger partial charge in [0.15, 0.2) is 0 Å². The fourth-order valence-electron chi connectivity index (χ4n) is 4.65. The number of benzene rings is 1. The maximum Gasteiger partial charge on any atom is 0.305 e. The molecule has 1 aromatic carbocycles. The number of aliphatic hydroxyl groups excluding tert-OH is 2. The highest BCUT2D eigenvalue weighted by molar-refractivity contribution is 6.21. The zero-order chi connectivity index (χ0) is 23.2.